The van der Waals surface area contributed by atoms with Crippen molar-refractivity contribution in [3.05, 3.63) is 35.9 Å². The number of aliphatic hydroxyl groups excluding tert-OH is 1. The molecule has 2 rings (SSSR count). The van der Waals surface area contributed by atoms with Gasteiger partial charge in [-0.3, -0.25) is 4.79 Å². The third-order valence-electron chi connectivity index (χ3n) is 3.72. The molecule has 1 aromatic carbocycles. The van der Waals surface area contributed by atoms with Gasteiger partial charge in [0.1, 0.15) is 5.88 Å². The number of hydrogen-bond acceptors (Lipinski definition) is 2. The van der Waals surface area contributed by atoms with Crippen molar-refractivity contribution >= 4 is 17.5 Å². The molecule has 2 unspecified atom stereocenters. The van der Waals surface area contributed by atoms with Gasteiger partial charge in [0.25, 0.3) is 0 Å². The highest BCUT2D eigenvalue weighted by Crippen LogP contribution is 2.25. The summed E-state index contributed by atoms with van der Waals surface area (Å²) in [6.07, 6.45) is 3.29. The summed E-state index contributed by atoms with van der Waals surface area (Å²) in [5.74, 6) is -0.132. The van der Waals surface area contributed by atoms with Crippen molar-refractivity contribution in [3.8, 4) is 0 Å². The monoisotopic (exact) mass is 281 g/mol. The van der Waals surface area contributed by atoms with Gasteiger partial charge in [0.15, 0.2) is 0 Å². The molecule has 0 aliphatic heterocycles. The predicted molar refractivity (Wildman–Crippen MR) is 76.0 cm³/mol. The third kappa shape index (κ3) is 3.71. The summed E-state index contributed by atoms with van der Waals surface area (Å²) in [7, 11) is 0. The Morgan fingerprint density at radius 2 is 1.95 bits per heavy atom. The minimum absolute atomic E-state index is 0.0317. The van der Waals surface area contributed by atoms with Crippen LogP contribution in [0.15, 0.2) is 30.3 Å². The van der Waals surface area contributed by atoms with Crippen LogP contribution in [0.2, 0.25) is 0 Å². The molecule has 1 fully saturated rings. The highest BCUT2D eigenvalue weighted by atomic mass is 35.5. The molecule has 4 heteroatoms. The van der Waals surface area contributed by atoms with Gasteiger partial charge in [0.05, 0.1) is 12.1 Å². The number of amides is 1. The van der Waals surface area contributed by atoms with Gasteiger partial charge in [-0.1, -0.05) is 43.2 Å². The minimum Gasteiger partial charge on any atom is -0.391 e. The molecule has 1 aliphatic carbocycles. The molecule has 104 valence electrons. The summed E-state index contributed by atoms with van der Waals surface area (Å²) < 4.78 is 0. The zero-order valence-corrected chi connectivity index (χ0v) is 11.7. The Morgan fingerprint density at radius 1 is 1.26 bits per heavy atom. The van der Waals surface area contributed by atoms with E-state index in [0.717, 1.165) is 31.2 Å². The van der Waals surface area contributed by atoms with Crippen molar-refractivity contribution < 1.29 is 9.90 Å². The molecule has 1 N–H and O–H groups in total. The van der Waals surface area contributed by atoms with Crippen molar-refractivity contribution in [2.75, 3.05) is 5.88 Å². The Morgan fingerprint density at radius 3 is 2.58 bits per heavy atom. The first kappa shape index (κ1) is 14.4. The van der Waals surface area contributed by atoms with E-state index < -0.39 is 6.10 Å². The number of carbonyl (C=O) groups is 1. The lowest BCUT2D eigenvalue weighted by atomic mass is 9.91. The third-order valence-corrected chi connectivity index (χ3v) is 3.95. The maximum atomic E-state index is 12.0. The van der Waals surface area contributed by atoms with E-state index in [1.165, 1.54) is 0 Å². The Kier molecular flexibility index (Phi) is 5.23. The number of rotatable bonds is 4. The molecule has 1 aromatic rings. The van der Waals surface area contributed by atoms with Crippen molar-refractivity contribution in [2.45, 2.75) is 44.4 Å². The van der Waals surface area contributed by atoms with E-state index in [-0.39, 0.29) is 17.8 Å². The highest BCUT2D eigenvalue weighted by molar-refractivity contribution is 6.27. The molecule has 0 saturated heterocycles. The van der Waals surface area contributed by atoms with E-state index in [2.05, 4.69) is 0 Å². The van der Waals surface area contributed by atoms with Crippen LogP contribution in [0.1, 0.15) is 31.2 Å². The fourth-order valence-corrected chi connectivity index (χ4v) is 2.86. The van der Waals surface area contributed by atoms with Crippen LogP contribution in [0.25, 0.3) is 0 Å². The van der Waals surface area contributed by atoms with Crippen LogP contribution in [-0.2, 0) is 11.3 Å². The molecule has 0 radical (unpaired) electrons. The standard InChI is InChI=1S/C15H20ClNO2/c16-10-15(19)17(11-12-6-2-1-3-7-12)13-8-4-5-9-14(13)18/h1-3,6-7,13-14,18H,4-5,8-11H2. The second kappa shape index (κ2) is 6.92. The summed E-state index contributed by atoms with van der Waals surface area (Å²) in [6, 6.07) is 9.74. The summed E-state index contributed by atoms with van der Waals surface area (Å²) in [5, 5.41) is 10.1. The number of halogens is 1. The average Bonchev–Trinajstić information content (AvgIpc) is 2.46. The van der Waals surface area contributed by atoms with Crippen LogP contribution in [0.4, 0.5) is 0 Å². The first-order chi connectivity index (χ1) is 9.22. The molecule has 1 aliphatic rings. The fourth-order valence-electron chi connectivity index (χ4n) is 2.70. The Hall–Kier alpha value is -1.06. The van der Waals surface area contributed by atoms with E-state index in [1.54, 1.807) is 4.90 Å². The first-order valence-corrected chi connectivity index (χ1v) is 7.33. The van der Waals surface area contributed by atoms with Gasteiger partial charge in [-0.2, -0.15) is 0 Å². The smallest absolute Gasteiger partial charge is 0.238 e. The second-order valence-corrected chi connectivity index (χ2v) is 5.33. The maximum absolute atomic E-state index is 12.0. The number of carbonyl (C=O) groups excluding carboxylic acids is 1. The van der Waals surface area contributed by atoms with Crippen LogP contribution in [0.5, 0.6) is 0 Å². The van der Waals surface area contributed by atoms with Gasteiger partial charge in [0.2, 0.25) is 5.91 Å². The van der Waals surface area contributed by atoms with Crippen LogP contribution in [-0.4, -0.2) is 33.9 Å². The van der Waals surface area contributed by atoms with Crippen molar-refractivity contribution in [3.63, 3.8) is 0 Å². The molecule has 0 bridgehead atoms. The van der Waals surface area contributed by atoms with Crippen LogP contribution < -0.4 is 0 Å². The largest absolute Gasteiger partial charge is 0.391 e. The molecule has 1 saturated carbocycles. The number of nitrogens with zero attached hydrogens (tertiary/aromatic N) is 1. The van der Waals surface area contributed by atoms with Gasteiger partial charge in [-0.15, -0.1) is 11.6 Å². The normalized spacial score (nSPS) is 23.1. The van der Waals surface area contributed by atoms with Crippen LogP contribution in [0.3, 0.4) is 0 Å². The summed E-state index contributed by atoms with van der Waals surface area (Å²) in [6.45, 7) is 0.522. The summed E-state index contributed by atoms with van der Waals surface area (Å²) in [4.78, 5) is 13.8. The van der Waals surface area contributed by atoms with Gasteiger partial charge < -0.3 is 10.0 Å². The lowest BCUT2D eigenvalue weighted by Crippen LogP contribution is -2.48. The predicted octanol–water partition coefficient (Wildman–Crippen LogP) is 2.56. The highest BCUT2D eigenvalue weighted by Gasteiger charge is 2.31. The second-order valence-electron chi connectivity index (χ2n) is 5.06. The van der Waals surface area contributed by atoms with Gasteiger partial charge in [-0.25, -0.2) is 0 Å². The Bertz CT molecular complexity index is 410. The molecule has 0 spiro atoms. The van der Waals surface area contributed by atoms with Gasteiger partial charge in [0, 0.05) is 6.54 Å². The zero-order chi connectivity index (χ0) is 13.7. The molecular formula is C15H20ClNO2. The topological polar surface area (TPSA) is 40.5 Å². The molecule has 1 amide bonds. The SMILES string of the molecule is O=C(CCl)N(Cc1ccccc1)C1CCCCC1O. The number of hydrogen-bond donors (Lipinski definition) is 1. The first-order valence-electron chi connectivity index (χ1n) is 6.80. The zero-order valence-electron chi connectivity index (χ0n) is 11.0. The number of benzene rings is 1. The Labute approximate surface area is 119 Å². The Balaban J connectivity index is 2.13. The lowest BCUT2D eigenvalue weighted by molar-refractivity contribution is -0.135. The molecule has 0 heterocycles. The van der Waals surface area contributed by atoms with Crippen molar-refractivity contribution in [2.24, 2.45) is 0 Å². The van der Waals surface area contributed by atoms with E-state index in [9.17, 15) is 9.90 Å². The molecule has 0 aromatic heterocycles. The summed E-state index contributed by atoms with van der Waals surface area (Å²) in [5.41, 5.74) is 1.07. The van der Waals surface area contributed by atoms with Crippen LogP contribution in [0, 0.1) is 0 Å². The quantitative estimate of drug-likeness (QED) is 0.862. The van der Waals surface area contributed by atoms with E-state index in [1.807, 2.05) is 30.3 Å². The van der Waals surface area contributed by atoms with E-state index >= 15 is 0 Å². The van der Waals surface area contributed by atoms with Gasteiger partial charge >= 0.3 is 0 Å². The maximum Gasteiger partial charge on any atom is 0.238 e. The number of alkyl halides is 1. The summed E-state index contributed by atoms with van der Waals surface area (Å²) >= 11 is 5.71. The molecule has 2 atom stereocenters. The molecular weight excluding hydrogens is 262 g/mol. The number of aliphatic hydroxyl groups is 1. The average molecular weight is 282 g/mol. The van der Waals surface area contributed by atoms with Crippen molar-refractivity contribution in [1.29, 1.82) is 0 Å². The van der Waals surface area contributed by atoms with E-state index in [4.69, 9.17) is 11.6 Å². The van der Waals surface area contributed by atoms with Crippen molar-refractivity contribution in [1.82, 2.24) is 4.90 Å². The van der Waals surface area contributed by atoms with E-state index in [0.29, 0.717) is 6.54 Å². The fraction of sp³-hybridized carbons (Fsp3) is 0.533. The lowest BCUT2D eigenvalue weighted by Gasteiger charge is -2.37. The minimum atomic E-state index is -0.426. The van der Waals surface area contributed by atoms with Crippen LogP contribution >= 0.6 is 11.6 Å². The van der Waals surface area contributed by atoms with Gasteiger partial charge in [-0.05, 0) is 18.4 Å². The molecule has 19 heavy (non-hydrogen) atoms. The molecule has 3 nitrogen and oxygen atoms in total.